The van der Waals surface area contributed by atoms with Crippen LogP contribution in [0.1, 0.15) is 31.8 Å². The maximum atomic E-state index is 13.9. The molecule has 190 valence electrons. The Labute approximate surface area is 217 Å². The molecule has 0 radical (unpaired) electrons. The molecule has 1 heterocycles. The van der Waals surface area contributed by atoms with Crippen LogP contribution in [0.25, 0.3) is 33.3 Å². The van der Waals surface area contributed by atoms with Gasteiger partial charge in [0, 0.05) is 16.5 Å². The van der Waals surface area contributed by atoms with Crippen molar-refractivity contribution in [2.75, 3.05) is 0 Å². The number of fused-ring (bicyclic) bond motifs is 1. The van der Waals surface area contributed by atoms with E-state index < -0.39 is 34.9 Å². The zero-order chi connectivity index (χ0) is 27.2. The number of aromatic amines is 1. The molecule has 0 saturated heterocycles. The second-order valence-corrected chi connectivity index (χ2v) is 8.80. The molecule has 5 rings (SSSR count). The monoisotopic (exact) mass is 538 g/mol. The smallest absolute Gasteiger partial charge is 0.417 e. The Morgan fingerprint density at radius 2 is 1.53 bits per heavy atom. The Balaban J connectivity index is 1.79. The van der Waals surface area contributed by atoms with Crippen LogP contribution in [0.2, 0.25) is 5.02 Å². The van der Waals surface area contributed by atoms with Crippen molar-refractivity contribution in [1.29, 1.82) is 0 Å². The van der Waals surface area contributed by atoms with Crippen molar-refractivity contribution in [2.24, 2.45) is 0 Å². The molecule has 4 aromatic carbocycles. The molecule has 0 aliphatic rings. The van der Waals surface area contributed by atoms with Crippen LogP contribution in [0, 0.1) is 5.82 Å². The summed E-state index contributed by atoms with van der Waals surface area (Å²) >= 11 is 6.14. The zero-order valence-electron chi connectivity index (χ0n) is 19.1. The van der Waals surface area contributed by atoms with Crippen LogP contribution >= 0.6 is 11.6 Å². The van der Waals surface area contributed by atoms with E-state index >= 15 is 0 Å². The van der Waals surface area contributed by atoms with Gasteiger partial charge in [-0.15, -0.1) is 0 Å². The van der Waals surface area contributed by atoms with Crippen LogP contribution < -0.4 is 0 Å². The van der Waals surface area contributed by atoms with Gasteiger partial charge in [-0.1, -0.05) is 41.9 Å². The number of carbonyl (C=O) groups excluding carboxylic acids is 1. The molecule has 0 saturated carbocycles. The summed E-state index contributed by atoms with van der Waals surface area (Å²) in [6, 6.07) is 17.2. The molecule has 5 nitrogen and oxygen atoms in total. The maximum Gasteiger partial charge on any atom is 0.417 e. The van der Waals surface area contributed by atoms with E-state index in [-0.39, 0.29) is 27.2 Å². The lowest BCUT2D eigenvalue weighted by atomic mass is 9.91. The Morgan fingerprint density at radius 1 is 0.868 bits per heavy atom. The van der Waals surface area contributed by atoms with Gasteiger partial charge in [0.25, 0.3) is 0 Å². The van der Waals surface area contributed by atoms with Crippen molar-refractivity contribution in [1.82, 2.24) is 10.2 Å². The van der Waals surface area contributed by atoms with Crippen molar-refractivity contribution in [3.8, 4) is 22.4 Å². The average Bonchev–Trinajstić information content (AvgIpc) is 3.31. The van der Waals surface area contributed by atoms with Crippen LogP contribution in [-0.2, 0) is 6.18 Å². The predicted molar refractivity (Wildman–Crippen MR) is 134 cm³/mol. The number of carboxylic acid groups (broad SMARTS) is 1. The van der Waals surface area contributed by atoms with Crippen molar-refractivity contribution in [3.63, 3.8) is 0 Å². The molecule has 0 aliphatic heterocycles. The summed E-state index contributed by atoms with van der Waals surface area (Å²) in [5.41, 5.74) is -0.0725. The number of alkyl halides is 3. The molecule has 0 unspecified atom stereocenters. The van der Waals surface area contributed by atoms with Gasteiger partial charge in [-0.2, -0.15) is 18.3 Å². The highest BCUT2D eigenvalue weighted by Crippen LogP contribution is 2.39. The van der Waals surface area contributed by atoms with Gasteiger partial charge in [0.2, 0.25) is 0 Å². The Hall–Kier alpha value is -4.50. The number of H-pyrrole nitrogens is 1. The van der Waals surface area contributed by atoms with Gasteiger partial charge in [0.05, 0.1) is 27.2 Å². The third-order valence-electron chi connectivity index (χ3n) is 6.04. The summed E-state index contributed by atoms with van der Waals surface area (Å²) in [5, 5.41) is 16.1. The van der Waals surface area contributed by atoms with Crippen LogP contribution in [-0.4, -0.2) is 27.1 Å². The van der Waals surface area contributed by atoms with E-state index in [0.717, 1.165) is 12.1 Å². The number of nitrogens with one attached hydrogen (secondary N) is 1. The average molecular weight is 539 g/mol. The Morgan fingerprint density at radius 3 is 2.16 bits per heavy atom. The number of ketones is 1. The van der Waals surface area contributed by atoms with E-state index in [2.05, 4.69) is 10.2 Å². The predicted octanol–water partition coefficient (Wildman–Crippen LogP) is 7.64. The Bertz CT molecular complexity index is 1710. The minimum Gasteiger partial charge on any atom is -0.478 e. The number of hydrogen-bond acceptors (Lipinski definition) is 3. The quantitative estimate of drug-likeness (QED) is 0.178. The first-order valence-corrected chi connectivity index (χ1v) is 11.4. The molecule has 0 bridgehead atoms. The Kier molecular flexibility index (Phi) is 6.24. The summed E-state index contributed by atoms with van der Waals surface area (Å²) < 4.78 is 55.2. The lowest BCUT2D eigenvalue weighted by Gasteiger charge is -2.15. The molecule has 0 spiro atoms. The highest BCUT2D eigenvalue weighted by Gasteiger charge is 2.37. The first-order valence-electron chi connectivity index (χ1n) is 11.1. The van der Waals surface area contributed by atoms with Gasteiger partial charge >= 0.3 is 12.1 Å². The molecule has 5 aromatic rings. The van der Waals surface area contributed by atoms with Crippen molar-refractivity contribution in [3.05, 3.63) is 112 Å². The van der Waals surface area contributed by atoms with Gasteiger partial charge in [0.1, 0.15) is 11.5 Å². The van der Waals surface area contributed by atoms with E-state index in [0.29, 0.717) is 22.2 Å². The molecule has 0 aliphatic carbocycles. The zero-order valence-corrected chi connectivity index (χ0v) is 19.9. The summed E-state index contributed by atoms with van der Waals surface area (Å²) in [4.78, 5) is 25.1. The van der Waals surface area contributed by atoms with Gasteiger partial charge < -0.3 is 5.11 Å². The van der Waals surface area contributed by atoms with Crippen LogP contribution in [0.15, 0.2) is 78.9 Å². The largest absolute Gasteiger partial charge is 0.478 e. The molecule has 1 aromatic heterocycles. The second kappa shape index (κ2) is 9.42. The van der Waals surface area contributed by atoms with Gasteiger partial charge in [-0.05, 0) is 59.7 Å². The molecule has 0 fully saturated rings. The molecule has 2 N–H and O–H groups in total. The van der Waals surface area contributed by atoms with E-state index in [9.17, 15) is 32.3 Å². The molecular weight excluding hydrogens is 524 g/mol. The first-order chi connectivity index (χ1) is 18.0. The third-order valence-corrected chi connectivity index (χ3v) is 6.35. The SMILES string of the molecule is O=C(O)c1ccc(-c2n[nH]c3cc(-c4ccc(F)cc4)cc(C(=O)c4c(Cl)cccc4C(F)(F)F)c23)cc1. The topological polar surface area (TPSA) is 83.0 Å². The summed E-state index contributed by atoms with van der Waals surface area (Å²) in [7, 11) is 0. The number of aromatic nitrogens is 2. The van der Waals surface area contributed by atoms with Crippen LogP contribution in [0.4, 0.5) is 17.6 Å². The number of aromatic carboxylic acids is 1. The first kappa shape index (κ1) is 25.2. The standard InChI is InChI=1S/C28H15ClF4N2O3/c29-21-3-1-2-20(28(31,32)33)24(21)26(36)19-12-17(14-8-10-18(30)11-9-14)13-22-23(19)25(35-34-22)15-4-6-16(7-5-15)27(37)38/h1-13H,(H,34,35)(H,37,38). The van der Waals surface area contributed by atoms with Gasteiger partial charge in [0.15, 0.2) is 5.78 Å². The van der Waals surface area contributed by atoms with Crippen LogP contribution in [0.5, 0.6) is 0 Å². The third kappa shape index (κ3) is 4.52. The molecule has 0 amide bonds. The number of halogens is 5. The number of rotatable bonds is 5. The molecule has 38 heavy (non-hydrogen) atoms. The highest BCUT2D eigenvalue weighted by molar-refractivity contribution is 6.36. The van der Waals surface area contributed by atoms with E-state index in [1.807, 2.05) is 0 Å². The fourth-order valence-corrected chi connectivity index (χ4v) is 4.51. The second-order valence-electron chi connectivity index (χ2n) is 8.40. The lowest BCUT2D eigenvalue weighted by Crippen LogP contribution is -2.15. The maximum absolute atomic E-state index is 13.9. The minimum atomic E-state index is -4.85. The molecule has 10 heteroatoms. The van der Waals surface area contributed by atoms with Crippen LogP contribution in [0.3, 0.4) is 0 Å². The fourth-order valence-electron chi connectivity index (χ4n) is 4.25. The number of carboxylic acids is 1. The van der Waals surface area contributed by atoms with Crippen molar-refractivity contribution in [2.45, 2.75) is 6.18 Å². The van der Waals surface area contributed by atoms with Gasteiger partial charge in [-0.25, -0.2) is 9.18 Å². The molecule has 0 atom stereocenters. The summed E-state index contributed by atoms with van der Waals surface area (Å²) in [6.45, 7) is 0. The van der Waals surface area contributed by atoms with E-state index in [4.69, 9.17) is 11.6 Å². The minimum absolute atomic E-state index is 0.0226. The number of hydrogen-bond donors (Lipinski definition) is 2. The van der Waals surface area contributed by atoms with Crippen molar-refractivity contribution >= 4 is 34.3 Å². The van der Waals surface area contributed by atoms with Gasteiger partial charge in [-0.3, -0.25) is 9.89 Å². The number of benzene rings is 4. The fraction of sp³-hybridized carbons (Fsp3) is 0.0357. The summed E-state index contributed by atoms with van der Waals surface area (Å²) in [6.07, 6.45) is -4.85. The lowest BCUT2D eigenvalue weighted by molar-refractivity contribution is -0.137. The van der Waals surface area contributed by atoms with Crippen molar-refractivity contribution < 1.29 is 32.3 Å². The van der Waals surface area contributed by atoms with E-state index in [1.165, 1.54) is 60.7 Å². The number of carbonyl (C=O) groups is 2. The van der Waals surface area contributed by atoms with E-state index in [1.54, 1.807) is 6.07 Å². The molecular formula is C28H15ClF4N2O3. The highest BCUT2D eigenvalue weighted by atomic mass is 35.5. The normalized spacial score (nSPS) is 11.6. The summed E-state index contributed by atoms with van der Waals surface area (Å²) in [5.74, 6) is -2.60. The number of nitrogens with zero attached hydrogens (tertiary/aromatic N) is 1.